The van der Waals surface area contributed by atoms with Gasteiger partial charge in [0, 0.05) is 17.2 Å². The van der Waals surface area contributed by atoms with Crippen LogP contribution in [0.5, 0.6) is 0 Å². The van der Waals surface area contributed by atoms with Gasteiger partial charge in [0.05, 0.1) is 17.5 Å². The van der Waals surface area contributed by atoms with Crippen LogP contribution < -0.4 is 9.62 Å². The summed E-state index contributed by atoms with van der Waals surface area (Å²) in [4.78, 5) is 13.2. The number of hydrogen-bond acceptors (Lipinski definition) is 4. The summed E-state index contributed by atoms with van der Waals surface area (Å²) in [5.41, 5.74) is -0.0665. The molecule has 1 amide bonds. The molecular formula is C19H21F3N2O3S2. The molecule has 158 valence electrons. The van der Waals surface area contributed by atoms with Crippen molar-refractivity contribution in [3.8, 4) is 0 Å². The van der Waals surface area contributed by atoms with Crippen molar-refractivity contribution in [2.75, 3.05) is 29.4 Å². The SMILES string of the molecule is Cc1ccc(SCCNC(=O)CN(c2cccc(C(F)(F)F)c2)S(C)(=O)=O)cc1. The van der Waals surface area contributed by atoms with Gasteiger partial charge in [-0.1, -0.05) is 23.8 Å². The second kappa shape index (κ2) is 9.53. The van der Waals surface area contributed by atoms with Gasteiger partial charge in [-0.05, 0) is 37.3 Å². The molecule has 2 rings (SSSR count). The minimum atomic E-state index is -4.62. The number of sulfonamides is 1. The van der Waals surface area contributed by atoms with Crippen LogP contribution in [0, 0.1) is 6.92 Å². The molecule has 10 heteroatoms. The molecule has 2 aromatic carbocycles. The van der Waals surface area contributed by atoms with Crippen molar-refractivity contribution in [3.63, 3.8) is 0 Å². The molecule has 0 saturated carbocycles. The van der Waals surface area contributed by atoms with Crippen molar-refractivity contribution in [3.05, 3.63) is 59.7 Å². The second-order valence-electron chi connectivity index (χ2n) is 6.33. The first kappa shape index (κ1) is 23.1. The highest BCUT2D eigenvalue weighted by Crippen LogP contribution is 2.32. The third-order valence-corrected chi connectivity index (χ3v) is 6.02. The van der Waals surface area contributed by atoms with Gasteiger partial charge in [0.25, 0.3) is 0 Å². The van der Waals surface area contributed by atoms with Gasteiger partial charge < -0.3 is 5.32 Å². The van der Waals surface area contributed by atoms with Gasteiger partial charge >= 0.3 is 6.18 Å². The van der Waals surface area contributed by atoms with Gasteiger partial charge in [0.15, 0.2) is 0 Å². The fourth-order valence-corrected chi connectivity index (χ4v) is 4.03. The standard InChI is InChI=1S/C19H21F3N2O3S2/c1-14-6-8-17(9-7-14)28-11-10-23-18(25)13-24(29(2,26)27)16-5-3-4-15(12-16)19(20,21)22/h3-9,12H,10-11,13H2,1-2H3,(H,23,25). The van der Waals surface area contributed by atoms with Crippen LogP contribution in [-0.2, 0) is 21.0 Å². The third kappa shape index (κ3) is 7.28. The average molecular weight is 447 g/mol. The van der Waals surface area contributed by atoms with Crippen molar-refractivity contribution < 1.29 is 26.4 Å². The van der Waals surface area contributed by atoms with Crippen LogP contribution in [0.25, 0.3) is 0 Å². The van der Waals surface area contributed by atoms with Crippen LogP contribution in [0.3, 0.4) is 0 Å². The van der Waals surface area contributed by atoms with E-state index < -0.39 is 34.2 Å². The highest BCUT2D eigenvalue weighted by atomic mass is 32.2. The second-order valence-corrected chi connectivity index (χ2v) is 9.40. The third-order valence-electron chi connectivity index (χ3n) is 3.86. The molecule has 1 N–H and O–H groups in total. The van der Waals surface area contributed by atoms with Crippen LogP contribution in [-0.4, -0.2) is 39.4 Å². The quantitative estimate of drug-likeness (QED) is 0.496. The smallest absolute Gasteiger partial charge is 0.354 e. The molecule has 0 fully saturated rings. The van der Waals surface area contributed by atoms with Crippen molar-refractivity contribution >= 4 is 33.4 Å². The lowest BCUT2D eigenvalue weighted by Gasteiger charge is -2.22. The first-order valence-corrected chi connectivity index (χ1v) is 11.4. The lowest BCUT2D eigenvalue weighted by Crippen LogP contribution is -2.41. The molecule has 29 heavy (non-hydrogen) atoms. The summed E-state index contributed by atoms with van der Waals surface area (Å²) in [6, 6.07) is 11.7. The number of thioether (sulfide) groups is 1. The van der Waals surface area contributed by atoms with E-state index >= 15 is 0 Å². The summed E-state index contributed by atoms with van der Waals surface area (Å²) in [6.45, 7) is 1.67. The van der Waals surface area contributed by atoms with E-state index in [9.17, 15) is 26.4 Å². The number of rotatable bonds is 8. The van der Waals surface area contributed by atoms with E-state index in [1.807, 2.05) is 31.2 Å². The fraction of sp³-hybridized carbons (Fsp3) is 0.316. The Morgan fingerprint density at radius 1 is 1.14 bits per heavy atom. The molecule has 0 spiro atoms. The topological polar surface area (TPSA) is 66.5 Å². The summed E-state index contributed by atoms with van der Waals surface area (Å²) in [6.07, 6.45) is -3.78. The summed E-state index contributed by atoms with van der Waals surface area (Å²) in [5, 5.41) is 2.59. The Morgan fingerprint density at radius 3 is 2.38 bits per heavy atom. The molecule has 0 saturated heterocycles. The Hall–Kier alpha value is -2.20. The minimum Gasteiger partial charge on any atom is -0.354 e. The lowest BCUT2D eigenvalue weighted by molar-refractivity contribution is -0.137. The minimum absolute atomic E-state index is 0.216. The predicted octanol–water partition coefficient (Wildman–Crippen LogP) is 3.69. The number of carbonyl (C=O) groups is 1. The number of aryl methyl sites for hydroxylation is 1. The Kier molecular flexibility index (Phi) is 7.59. The zero-order valence-corrected chi connectivity index (χ0v) is 17.5. The van der Waals surface area contributed by atoms with E-state index in [0.29, 0.717) is 16.1 Å². The largest absolute Gasteiger partial charge is 0.416 e. The fourth-order valence-electron chi connectivity index (χ4n) is 2.42. The maximum absolute atomic E-state index is 12.9. The Morgan fingerprint density at radius 2 is 1.79 bits per heavy atom. The Labute approximate surface area is 172 Å². The number of carbonyl (C=O) groups excluding carboxylic acids is 1. The number of nitrogens with zero attached hydrogens (tertiary/aromatic N) is 1. The summed E-state index contributed by atoms with van der Waals surface area (Å²) in [7, 11) is -3.95. The zero-order valence-electron chi connectivity index (χ0n) is 15.9. The van der Waals surface area contributed by atoms with Crippen LogP contribution in [0.2, 0.25) is 0 Å². The van der Waals surface area contributed by atoms with Gasteiger partial charge in [-0.2, -0.15) is 13.2 Å². The molecule has 0 radical (unpaired) electrons. The molecule has 0 aromatic heterocycles. The highest BCUT2D eigenvalue weighted by Gasteiger charge is 2.31. The van der Waals surface area contributed by atoms with Gasteiger partial charge in [0.1, 0.15) is 6.54 Å². The van der Waals surface area contributed by atoms with E-state index in [2.05, 4.69) is 5.32 Å². The van der Waals surface area contributed by atoms with Gasteiger partial charge in [0.2, 0.25) is 15.9 Å². The zero-order chi connectivity index (χ0) is 21.7. The van der Waals surface area contributed by atoms with Crippen molar-refractivity contribution in [1.29, 1.82) is 0 Å². The number of anilines is 1. The van der Waals surface area contributed by atoms with Gasteiger partial charge in [-0.15, -0.1) is 11.8 Å². The molecular weight excluding hydrogens is 425 g/mol. The van der Waals surface area contributed by atoms with E-state index in [1.54, 1.807) is 0 Å². The lowest BCUT2D eigenvalue weighted by atomic mass is 10.2. The summed E-state index contributed by atoms with van der Waals surface area (Å²) >= 11 is 1.53. The number of hydrogen-bond donors (Lipinski definition) is 1. The molecule has 5 nitrogen and oxygen atoms in total. The van der Waals surface area contributed by atoms with Crippen molar-refractivity contribution in [1.82, 2.24) is 5.32 Å². The molecule has 0 atom stereocenters. The summed E-state index contributed by atoms with van der Waals surface area (Å²) < 4.78 is 63.4. The maximum Gasteiger partial charge on any atom is 0.416 e. The maximum atomic E-state index is 12.9. The number of amides is 1. The molecule has 0 bridgehead atoms. The van der Waals surface area contributed by atoms with E-state index in [4.69, 9.17) is 0 Å². The number of alkyl halides is 3. The first-order valence-electron chi connectivity index (χ1n) is 8.58. The number of halogens is 3. The Bertz CT molecular complexity index is 946. The molecule has 0 aliphatic rings. The number of nitrogens with one attached hydrogen (secondary N) is 1. The Balaban J connectivity index is 1.98. The van der Waals surface area contributed by atoms with Crippen LogP contribution in [0.4, 0.5) is 18.9 Å². The molecule has 0 aliphatic heterocycles. The molecule has 0 heterocycles. The highest BCUT2D eigenvalue weighted by molar-refractivity contribution is 7.99. The first-order chi connectivity index (χ1) is 13.5. The van der Waals surface area contributed by atoms with Crippen LogP contribution in [0.15, 0.2) is 53.4 Å². The number of benzene rings is 2. The summed E-state index contributed by atoms with van der Waals surface area (Å²) in [5.74, 6) is -0.0330. The van der Waals surface area contributed by atoms with Crippen molar-refractivity contribution in [2.45, 2.75) is 18.0 Å². The predicted molar refractivity (Wildman–Crippen MR) is 109 cm³/mol. The monoisotopic (exact) mass is 446 g/mol. The molecule has 0 unspecified atom stereocenters. The van der Waals surface area contributed by atoms with Gasteiger partial charge in [-0.25, -0.2) is 8.42 Å². The molecule has 2 aromatic rings. The van der Waals surface area contributed by atoms with E-state index in [-0.39, 0.29) is 12.2 Å². The molecule has 0 aliphatic carbocycles. The van der Waals surface area contributed by atoms with Crippen molar-refractivity contribution in [2.24, 2.45) is 0 Å². The van der Waals surface area contributed by atoms with Crippen LogP contribution >= 0.6 is 11.8 Å². The van der Waals surface area contributed by atoms with E-state index in [0.717, 1.165) is 28.8 Å². The van der Waals surface area contributed by atoms with Crippen LogP contribution in [0.1, 0.15) is 11.1 Å². The average Bonchev–Trinajstić information content (AvgIpc) is 2.63. The van der Waals surface area contributed by atoms with E-state index in [1.165, 1.54) is 17.8 Å². The normalized spacial score (nSPS) is 11.9. The van der Waals surface area contributed by atoms with Gasteiger partial charge in [-0.3, -0.25) is 9.10 Å².